The normalized spacial score (nSPS) is 19.6. The third kappa shape index (κ3) is 3.21. The molecule has 1 fully saturated rings. The minimum atomic E-state index is 0.0780. The molecule has 2 aliphatic rings. The van der Waals surface area contributed by atoms with Gasteiger partial charge in [0.05, 0.1) is 11.4 Å². The van der Waals surface area contributed by atoms with Crippen molar-refractivity contribution in [1.82, 2.24) is 9.80 Å². The molecule has 136 valence electrons. The van der Waals surface area contributed by atoms with Gasteiger partial charge in [-0.15, -0.1) is 11.3 Å². The van der Waals surface area contributed by atoms with Crippen molar-refractivity contribution in [2.24, 2.45) is 0 Å². The number of nitrogens with zero attached hydrogens (tertiary/aromatic N) is 3. The molecule has 26 heavy (non-hydrogen) atoms. The number of anilines is 1. The van der Waals surface area contributed by atoms with Crippen LogP contribution in [0.25, 0.3) is 0 Å². The van der Waals surface area contributed by atoms with Crippen LogP contribution in [0.5, 0.6) is 0 Å². The van der Waals surface area contributed by atoms with Gasteiger partial charge in [-0.2, -0.15) is 0 Å². The van der Waals surface area contributed by atoms with E-state index >= 15 is 0 Å². The Kier molecular flexibility index (Phi) is 4.68. The molecule has 0 radical (unpaired) electrons. The molecule has 0 saturated carbocycles. The lowest BCUT2D eigenvalue weighted by atomic mass is 10.1. The van der Waals surface area contributed by atoms with Crippen LogP contribution in [-0.4, -0.2) is 60.4 Å². The van der Waals surface area contributed by atoms with Crippen molar-refractivity contribution in [3.63, 3.8) is 0 Å². The van der Waals surface area contributed by atoms with Gasteiger partial charge < -0.3 is 14.7 Å². The number of para-hydroxylation sites is 1. The summed E-state index contributed by atoms with van der Waals surface area (Å²) in [5.41, 5.74) is 2.50. The average molecular weight is 369 g/mol. The van der Waals surface area contributed by atoms with E-state index in [0.29, 0.717) is 38.8 Å². The molecule has 0 aliphatic carbocycles. The van der Waals surface area contributed by atoms with Gasteiger partial charge in [-0.3, -0.25) is 9.59 Å². The molecular formula is C20H23N3O2S. The van der Waals surface area contributed by atoms with Crippen molar-refractivity contribution in [3.8, 4) is 0 Å². The van der Waals surface area contributed by atoms with Gasteiger partial charge in [-0.1, -0.05) is 24.3 Å². The Bertz CT molecular complexity index is 797. The molecule has 6 heteroatoms. The summed E-state index contributed by atoms with van der Waals surface area (Å²) in [5, 5.41) is 1.92. The summed E-state index contributed by atoms with van der Waals surface area (Å²) in [6.45, 7) is 5.02. The van der Waals surface area contributed by atoms with Gasteiger partial charge in [-0.05, 0) is 36.4 Å². The van der Waals surface area contributed by atoms with E-state index in [-0.39, 0.29) is 11.8 Å². The minimum Gasteiger partial charge on any atom is -0.359 e. The molecule has 3 heterocycles. The highest BCUT2D eigenvalue weighted by Gasteiger charge is 2.30. The van der Waals surface area contributed by atoms with Crippen LogP contribution >= 0.6 is 11.3 Å². The second-order valence-corrected chi connectivity index (χ2v) is 7.91. The summed E-state index contributed by atoms with van der Waals surface area (Å²) >= 11 is 1.47. The Morgan fingerprint density at radius 2 is 1.77 bits per heavy atom. The Hall–Kier alpha value is -2.34. The zero-order chi connectivity index (χ0) is 18.1. The first-order chi connectivity index (χ1) is 12.6. The van der Waals surface area contributed by atoms with E-state index in [1.54, 1.807) is 0 Å². The predicted molar refractivity (Wildman–Crippen MR) is 104 cm³/mol. The Balaban J connectivity index is 1.35. The first-order valence-corrected chi connectivity index (χ1v) is 9.96. The van der Waals surface area contributed by atoms with Crippen molar-refractivity contribution in [3.05, 3.63) is 52.2 Å². The lowest BCUT2D eigenvalue weighted by Crippen LogP contribution is -2.53. The zero-order valence-electron chi connectivity index (χ0n) is 14.9. The lowest BCUT2D eigenvalue weighted by molar-refractivity contribution is -0.131. The summed E-state index contributed by atoms with van der Waals surface area (Å²) in [5.74, 6) is 0.228. The fourth-order valence-corrected chi connectivity index (χ4v) is 4.52. The molecule has 1 aromatic carbocycles. The lowest BCUT2D eigenvalue weighted by Gasteiger charge is -2.36. The van der Waals surface area contributed by atoms with Crippen LogP contribution in [0.3, 0.4) is 0 Å². The van der Waals surface area contributed by atoms with Gasteiger partial charge in [0.25, 0.3) is 5.91 Å². The maximum atomic E-state index is 12.8. The topological polar surface area (TPSA) is 43.9 Å². The highest BCUT2D eigenvalue weighted by Crippen LogP contribution is 2.31. The number of thiophene rings is 1. The van der Waals surface area contributed by atoms with Crippen LogP contribution in [0.2, 0.25) is 0 Å². The van der Waals surface area contributed by atoms with Crippen LogP contribution in [0.1, 0.15) is 22.2 Å². The summed E-state index contributed by atoms with van der Waals surface area (Å²) in [6.07, 6.45) is 0.993. The molecule has 0 unspecified atom stereocenters. The monoisotopic (exact) mass is 369 g/mol. The van der Waals surface area contributed by atoms with Crippen LogP contribution in [0.15, 0.2) is 41.8 Å². The van der Waals surface area contributed by atoms with Crippen LogP contribution in [-0.2, 0) is 11.2 Å². The summed E-state index contributed by atoms with van der Waals surface area (Å²) < 4.78 is 0. The standard InChI is InChI=1S/C20H23N3O2S/c1-15-13-16-5-2-3-6-17(16)23(15)14-19(24)21-8-10-22(11-9-21)20(25)18-7-4-12-26-18/h2-7,12,15H,8-11,13-14H2,1H3/t15-/m1/s1. The number of fused-ring (bicyclic) bond motifs is 1. The quantitative estimate of drug-likeness (QED) is 0.835. The number of amides is 2. The molecular weight excluding hydrogens is 346 g/mol. The largest absolute Gasteiger partial charge is 0.359 e. The van der Waals surface area contributed by atoms with Crippen LogP contribution in [0.4, 0.5) is 5.69 Å². The molecule has 1 saturated heterocycles. The Morgan fingerprint density at radius 1 is 1.04 bits per heavy atom. The maximum absolute atomic E-state index is 12.8. The SMILES string of the molecule is C[C@@H]1Cc2ccccc2N1CC(=O)N1CCN(C(=O)c2cccs2)CC1. The van der Waals surface area contributed by atoms with Gasteiger partial charge in [0.1, 0.15) is 0 Å². The van der Waals surface area contributed by atoms with E-state index in [1.165, 1.54) is 22.6 Å². The predicted octanol–water partition coefficient (Wildman–Crippen LogP) is 2.48. The molecule has 1 atom stereocenters. The van der Waals surface area contributed by atoms with E-state index < -0.39 is 0 Å². The number of benzene rings is 1. The number of rotatable bonds is 3. The zero-order valence-corrected chi connectivity index (χ0v) is 15.7. The average Bonchev–Trinajstić information content (AvgIpc) is 3.30. The first kappa shape index (κ1) is 17.1. The van der Waals surface area contributed by atoms with Crippen LogP contribution < -0.4 is 4.90 Å². The second-order valence-electron chi connectivity index (χ2n) is 6.96. The third-order valence-electron chi connectivity index (χ3n) is 5.31. The summed E-state index contributed by atoms with van der Waals surface area (Å²) in [4.78, 5) is 31.9. The van der Waals surface area contributed by atoms with Crippen molar-refractivity contribution in [2.75, 3.05) is 37.6 Å². The van der Waals surface area contributed by atoms with Crippen molar-refractivity contribution in [2.45, 2.75) is 19.4 Å². The number of hydrogen-bond donors (Lipinski definition) is 0. The number of carbonyl (C=O) groups excluding carboxylic acids is 2. The van der Waals surface area contributed by atoms with E-state index in [4.69, 9.17) is 0 Å². The first-order valence-electron chi connectivity index (χ1n) is 9.08. The molecule has 1 aromatic heterocycles. The Labute approximate surface area is 157 Å². The van der Waals surface area contributed by atoms with E-state index in [1.807, 2.05) is 33.4 Å². The fraction of sp³-hybridized carbons (Fsp3) is 0.400. The van der Waals surface area contributed by atoms with Gasteiger partial charge in [-0.25, -0.2) is 0 Å². The highest BCUT2D eigenvalue weighted by atomic mass is 32.1. The molecule has 0 N–H and O–H groups in total. The second kappa shape index (κ2) is 7.11. The Morgan fingerprint density at radius 3 is 2.50 bits per heavy atom. The molecule has 4 rings (SSSR count). The maximum Gasteiger partial charge on any atom is 0.264 e. The van der Waals surface area contributed by atoms with Crippen molar-refractivity contribution >= 4 is 28.8 Å². The summed E-state index contributed by atoms with van der Waals surface area (Å²) in [6, 6.07) is 12.4. The molecule has 5 nitrogen and oxygen atoms in total. The third-order valence-corrected chi connectivity index (χ3v) is 6.16. The van der Waals surface area contributed by atoms with Gasteiger partial charge in [0, 0.05) is 37.9 Å². The van der Waals surface area contributed by atoms with Crippen LogP contribution in [0, 0.1) is 0 Å². The van der Waals surface area contributed by atoms with Gasteiger partial charge in [0.2, 0.25) is 5.91 Å². The fourth-order valence-electron chi connectivity index (χ4n) is 3.83. The highest BCUT2D eigenvalue weighted by molar-refractivity contribution is 7.12. The van der Waals surface area contributed by atoms with E-state index in [0.717, 1.165) is 11.3 Å². The number of hydrogen-bond acceptors (Lipinski definition) is 4. The molecule has 0 bridgehead atoms. The van der Waals surface area contributed by atoms with E-state index in [2.05, 4.69) is 30.0 Å². The molecule has 2 aromatic rings. The van der Waals surface area contributed by atoms with Gasteiger partial charge in [0.15, 0.2) is 0 Å². The van der Waals surface area contributed by atoms with Gasteiger partial charge >= 0.3 is 0 Å². The van der Waals surface area contributed by atoms with E-state index in [9.17, 15) is 9.59 Å². The smallest absolute Gasteiger partial charge is 0.264 e. The molecule has 2 aliphatic heterocycles. The molecule has 2 amide bonds. The number of carbonyl (C=O) groups is 2. The number of piperazine rings is 1. The van der Waals surface area contributed by atoms with Crippen molar-refractivity contribution in [1.29, 1.82) is 0 Å². The summed E-state index contributed by atoms with van der Waals surface area (Å²) in [7, 11) is 0. The minimum absolute atomic E-state index is 0.0780. The van der Waals surface area contributed by atoms with Crippen molar-refractivity contribution < 1.29 is 9.59 Å². The molecule has 0 spiro atoms.